The first kappa shape index (κ1) is 9.96. The fraction of sp³-hybridized carbons (Fsp3) is 0.364. The molecule has 0 unspecified atom stereocenters. The minimum atomic E-state index is -1.14. The van der Waals surface area contributed by atoms with E-state index in [-0.39, 0.29) is 11.3 Å². The minimum absolute atomic E-state index is 0.0636. The van der Waals surface area contributed by atoms with Crippen LogP contribution in [0.1, 0.15) is 23.2 Å². The van der Waals surface area contributed by atoms with Crippen molar-refractivity contribution < 1.29 is 19.0 Å². The van der Waals surface area contributed by atoms with E-state index in [1.54, 1.807) is 0 Å². The van der Waals surface area contributed by atoms with E-state index in [1.807, 2.05) is 0 Å². The van der Waals surface area contributed by atoms with Crippen LogP contribution >= 0.6 is 0 Å². The molecule has 0 aliphatic heterocycles. The lowest BCUT2D eigenvalue weighted by molar-refractivity contribution is 0.0696. The number of aromatic carboxylic acids is 1. The summed E-state index contributed by atoms with van der Waals surface area (Å²) in [6, 6.07) is 3.68. The van der Waals surface area contributed by atoms with Crippen LogP contribution in [-0.4, -0.2) is 17.7 Å². The standard InChI is InChI=1S/C11H11FO3/c12-9-5-8(11(13)14)3-4-10(9)15-6-7-1-2-7/h3-5,7H,1-2,6H2,(H,13,14). The molecule has 3 nitrogen and oxygen atoms in total. The van der Waals surface area contributed by atoms with E-state index in [1.165, 1.54) is 12.1 Å². The molecule has 1 aromatic carbocycles. The highest BCUT2D eigenvalue weighted by molar-refractivity contribution is 5.87. The lowest BCUT2D eigenvalue weighted by Gasteiger charge is -2.06. The third-order valence-electron chi connectivity index (χ3n) is 2.35. The summed E-state index contributed by atoms with van der Waals surface area (Å²) in [6.45, 7) is 0.517. The van der Waals surface area contributed by atoms with Crippen molar-refractivity contribution in [1.82, 2.24) is 0 Å². The van der Waals surface area contributed by atoms with E-state index in [2.05, 4.69) is 0 Å². The predicted octanol–water partition coefficient (Wildman–Crippen LogP) is 2.31. The predicted molar refractivity (Wildman–Crippen MR) is 51.6 cm³/mol. The quantitative estimate of drug-likeness (QED) is 0.829. The van der Waals surface area contributed by atoms with Crippen LogP contribution in [0.2, 0.25) is 0 Å². The summed E-state index contributed by atoms with van der Waals surface area (Å²) in [7, 11) is 0. The highest BCUT2D eigenvalue weighted by Gasteiger charge is 2.22. The van der Waals surface area contributed by atoms with Crippen molar-refractivity contribution >= 4 is 5.97 Å². The van der Waals surface area contributed by atoms with Crippen LogP contribution < -0.4 is 4.74 Å². The molecule has 1 aliphatic rings. The van der Waals surface area contributed by atoms with Crippen LogP contribution in [0.25, 0.3) is 0 Å². The van der Waals surface area contributed by atoms with Gasteiger partial charge in [-0.1, -0.05) is 0 Å². The fourth-order valence-corrected chi connectivity index (χ4v) is 1.24. The molecule has 1 saturated carbocycles. The zero-order valence-electron chi connectivity index (χ0n) is 8.07. The summed E-state index contributed by atoms with van der Waals surface area (Å²) in [5, 5.41) is 8.62. The summed E-state index contributed by atoms with van der Waals surface area (Å²) in [4.78, 5) is 10.5. The van der Waals surface area contributed by atoms with Gasteiger partial charge in [-0.25, -0.2) is 9.18 Å². The van der Waals surface area contributed by atoms with Gasteiger partial charge in [-0.2, -0.15) is 0 Å². The largest absolute Gasteiger partial charge is 0.490 e. The van der Waals surface area contributed by atoms with Gasteiger partial charge < -0.3 is 9.84 Å². The molecule has 0 radical (unpaired) electrons. The maximum absolute atomic E-state index is 13.3. The Hall–Kier alpha value is -1.58. The number of halogens is 1. The van der Waals surface area contributed by atoms with Crippen molar-refractivity contribution in [3.8, 4) is 5.75 Å². The average Bonchev–Trinajstić information content (AvgIpc) is 2.99. The molecular formula is C11H11FO3. The molecular weight excluding hydrogens is 199 g/mol. The number of hydrogen-bond donors (Lipinski definition) is 1. The van der Waals surface area contributed by atoms with Gasteiger partial charge in [0.25, 0.3) is 0 Å². The molecule has 1 aromatic rings. The molecule has 15 heavy (non-hydrogen) atoms. The molecule has 1 aliphatic carbocycles. The second-order valence-corrected chi connectivity index (χ2v) is 3.70. The van der Waals surface area contributed by atoms with Gasteiger partial charge in [0, 0.05) is 0 Å². The van der Waals surface area contributed by atoms with Crippen molar-refractivity contribution in [2.24, 2.45) is 5.92 Å². The summed E-state index contributed by atoms with van der Waals surface area (Å²) in [6.07, 6.45) is 2.27. The average molecular weight is 210 g/mol. The highest BCUT2D eigenvalue weighted by atomic mass is 19.1. The maximum Gasteiger partial charge on any atom is 0.335 e. The van der Waals surface area contributed by atoms with Crippen molar-refractivity contribution in [3.63, 3.8) is 0 Å². The second kappa shape index (κ2) is 3.88. The molecule has 4 heteroatoms. The van der Waals surface area contributed by atoms with E-state index in [0.717, 1.165) is 18.9 Å². The topological polar surface area (TPSA) is 46.5 Å². The summed E-state index contributed by atoms with van der Waals surface area (Å²) in [5.41, 5.74) is -0.0636. The second-order valence-electron chi connectivity index (χ2n) is 3.70. The van der Waals surface area contributed by atoms with Crippen LogP contribution in [0.4, 0.5) is 4.39 Å². The van der Waals surface area contributed by atoms with Gasteiger partial charge in [0.1, 0.15) is 0 Å². The first-order valence-corrected chi connectivity index (χ1v) is 4.82. The van der Waals surface area contributed by atoms with Crippen molar-refractivity contribution in [2.45, 2.75) is 12.8 Å². The molecule has 0 aromatic heterocycles. The van der Waals surface area contributed by atoms with Gasteiger partial charge in [-0.05, 0) is 37.0 Å². The number of carboxylic acid groups (broad SMARTS) is 1. The van der Waals surface area contributed by atoms with Crippen LogP contribution in [0, 0.1) is 11.7 Å². The van der Waals surface area contributed by atoms with Gasteiger partial charge in [0.2, 0.25) is 0 Å². The van der Waals surface area contributed by atoms with E-state index in [0.29, 0.717) is 12.5 Å². The van der Waals surface area contributed by atoms with Crippen LogP contribution in [0.5, 0.6) is 5.75 Å². The number of ether oxygens (including phenoxy) is 1. The van der Waals surface area contributed by atoms with Crippen LogP contribution in [-0.2, 0) is 0 Å². The minimum Gasteiger partial charge on any atom is -0.490 e. The van der Waals surface area contributed by atoms with Crippen molar-refractivity contribution in [2.75, 3.05) is 6.61 Å². The zero-order chi connectivity index (χ0) is 10.8. The zero-order valence-corrected chi connectivity index (χ0v) is 8.07. The van der Waals surface area contributed by atoms with Crippen LogP contribution in [0.15, 0.2) is 18.2 Å². The van der Waals surface area contributed by atoms with E-state index in [9.17, 15) is 9.18 Å². The monoisotopic (exact) mass is 210 g/mol. The molecule has 0 spiro atoms. The van der Waals surface area contributed by atoms with E-state index >= 15 is 0 Å². The lowest BCUT2D eigenvalue weighted by atomic mass is 10.2. The number of benzene rings is 1. The Kier molecular flexibility index (Phi) is 2.58. The molecule has 0 atom stereocenters. The molecule has 0 saturated heterocycles. The first-order chi connectivity index (χ1) is 7.16. The normalized spacial score (nSPS) is 15.0. The summed E-state index contributed by atoms with van der Waals surface area (Å²) < 4.78 is 18.5. The number of hydrogen-bond acceptors (Lipinski definition) is 2. The maximum atomic E-state index is 13.3. The summed E-state index contributed by atoms with van der Waals surface area (Å²) >= 11 is 0. The lowest BCUT2D eigenvalue weighted by Crippen LogP contribution is -2.03. The van der Waals surface area contributed by atoms with E-state index < -0.39 is 11.8 Å². The Morgan fingerprint density at radius 2 is 2.27 bits per heavy atom. The van der Waals surface area contributed by atoms with E-state index in [4.69, 9.17) is 9.84 Å². The molecule has 1 fully saturated rings. The third kappa shape index (κ3) is 2.46. The summed E-state index contributed by atoms with van der Waals surface area (Å²) in [5.74, 6) is -1.08. The molecule has 80 valence electrons. The van der Waals surface area contributed by atoms with Gasteiger partial charge in [0.15, 0.2) is 11.6 Å². The Labute approximate surface area is 86.5 Å². The fourth-order valence-electron chi connectivity index (χ4n) is 1.24. The molecule has 2 rings (SSSR count). The Morgan fingerprint density at radius 1 is 1.53 bits per heavy atom. The number of rotatable bonds is 4. The molecule has 0 heterocycles. The van der Waals surface area contributed by atoms with Gasteiger partial charge in [-0.15, -0.1) is 0 Å². The smallest absolute Gasteiger partial charge is 0.335 e. The van der Waals surface area contributed by atoms with Crippen molar-refractivity contribution in [3.05, 3.63) is 29.6 Å². The molecule has 1 N–H and O–H groups in total. The first-order valence-electron chi connectivity index (χ1n) is 4.82. The number of carboxylic acids is 1. The van der Waals surface area contributed by atoms with Gasteiger partial charge in [-0.3, -0.25) is 0 Å². The number of carbonyl (C=O) groups is 1. The highest BCUT2D eigenvalue weighted by Crippen LogP contribution is 2.30. The van der Waals surface area contributed by atoms with Gasteiger partial charge >= 0.3 is 5.97 Å². The van der Waals surface area contributed by atoms with Crippen LogP contribution in [0.3, 0.4) is 0 Å². The van der Waals surface area contributed by atoms with Crippen molar-refractivity contribution in [1.29, 1.82) is 0 Å². The molecule has 0 amide bonds. The Morgan fingerprint density at radius 3 is 2.80 bits per heavy atom. The SMILES string of the molecule is O=C(O)c1ccc(OCC2CC2)c(F)c1. The molecule has 0 bridgehead atoms. The van der Waals surface area contributed by atoms with Gasteiger partial charge in [0.05, 0.1) is 12.2 Å². The Balaban J connectivity index is 2.07. The third-order valence-corrected chi connectivity index (χ3v) is 2.35. The Bertz CT molecular complexity index is 385.